The molecule has 2 aromatic carbocycles. The van der Waals surface area contributed by atoms with E-state index >= 15 is 0 Å². The molecule has 162 valence electrons. The van der Waals surface area contributed by atoms with Gasteiger partial charge in [0.1, 0.15) is 18.0 Å². The molecule has 2 N–H and O–H groups in total. The fourth-order valence-corrected chi connectivity index (χ4v) is 3.33. The second kappa shape index (κ2) is 8.81. The fraction of sp³-hybridized carbons (Fsp3) is 0.125. The lowest BCUT2D eigenvalue weighted by Gasteiger charge is -2.12. The first-order valence-electron chi connectivity index (χ1n) is 9.97. The zero-order chi connectivity index (χ0) is 22.7. The van der Waals surface area contributed by atoms with E-state index in [1.54, 1.807) is 25.3 Å². The van der Waals surface area contributed by atoms with Crippen molar-refractivity contribution in [1.29, 1.82) is 0 Å². The van der Waals surface area contributed by atoms with E-state index in [9.17, 15) is 14.4 Å². The summed E-state index contributed by atoms with van der Waals surface area (Å²) in [6.07, 6.45) is 3.44. The standard InChI is InChI=1S/C24H22N4O4/c1-16-5-7-17(8-6-16)25-22(29)15-28-23(30)21(26-24(28)31)14-19-4-3-13-27(19)18-9-11-20(32-2)12-10-18/h3-14H,15H2,1-2H3,(H,25,29)(H,26,31)/b21-14-. The fourth-order valence-electron chi connectivity index (χ4n) is 3.33. The average molecular weight is 430 g/mol. The molecule has 0 bridgehead atoms. The van der Waals surface area contributed by atoms with Crippen LogP contribution in [0.1, 0.15) is 11.3 Å². The zero-order valence-corrected chi connectivity index (χ0v) is 17.7. The maximum absolute atomic E-state index is 12.8. The van der Waals surface area contributed by atoms with E-state index in [0.29, 0.717) is 11.4 Å². The van der Waals surface area contributed by atoms with Crippen LogP contribution in [-0.4, -0.2) is 41.0 Å². The van der Waals surface area contributed by atoms with Gasteiger partial charge in [-0.1, -0.05) is 17.7 Å². The van der Waals surface area contributed by atoms with Gasteiger partial charge < -0.3 is 19.9 Å². The molecular formula is C24H22N4O4. The number of aryl methyl sites for hydroxylation is 1. The van der Waals surface area contributed by atoms with Crippen molar-refractivity contribution in [3.63, 3.8) is 0 Å². The number of ether oxygens (including phenoxy) is 1. The molecule has 1 saturated heterocycles. The quantitative estimate of drug-likeness (QED) is 0.464. The van der Waals surface area contributed by atoms with Gasteiger partial charge in [-0.3, -0.25) is 9.59 Å². The third kappa shape index (κ3) is 4.39. The van der Waals surface area contributed by atoms with Crippen molar-refractivity contribution in [2.75, 3.05) is 19.0 Å². The maximum atomic E-state index is 12.8. The van der Waals surface area contributed by atoms with Gasteiger partial charge in [-0.25, -0.2) is 9.69 Å². The molecule has 0 radical (unpaired) electrons. The van der Waals surface area contributed by atoms with Gasteiger partial charge in [-0.05, 0) is 61.5 Å². The molecule has 1 aliphatic rings. The van der Waals surface area contributed by atoms with Crippen molar-refractivity contribution in [2.45, 2.75) is 6.92 Å². The predicted octanol–water partition coefficient (Wildman–Crippen LogP) is 3.33. The molecule has 8 nitrogen and oxygen atoms in total. The van der Waals surface area contributed by atoms with Crippen molar-refractivity contribution < 1.29 is 19.1 Å². The van der Waals surface area contributed by atoms with Gasteiger partial charge in [-0.15, -0.1) is 0 Å². The van der Waals surface area contributed by atoms with E-state index in [2.05, 4.69) is 10.6 Å². The monoisotopic (exact) mass is 430 g/mol. The highest BCUT2D eigenvalue weighted by atomic mass is 16.5. The van der Waals surface area contributed by atoms with Crippen LogP contribution in [-0.2, 0) is 9.59 Å². The Morgan fingerprint density at radius 1 is 1.06 bits per heavy atom. The molecule has 1 aliphatic heterocycles. The summed E-state index contributed by atoms with van der Waals surface area (Å²) in [5.41, 5.74) is 3.33. The molecule has 1 aromatic heterocycles. The minimum Gasteiger partial charge on any atom is -0.497 e. The Labute approximate surface area is 185 Å². The van der Waals surface area contributed by atoms with Crippen LogP contribution in [0.3, 0.4) is 0 Å². The van der Waals surface area contributed by atoms with E-state index in [1.165, 1.54) is 0 Å². The Hall–Kier alpha value is -4.33. The molecule has 1 fully saturated rings. The number of nitrogens with zero attached hydrogens (tertiary/aromatic N) is 2. The first kappa shape index (κ1) is 20.9. The van der Waals surface area contributed by atoms with Gasteiger partial charge in [-0.2, -0.15) is 0 Å². The van der Waals surface area contributed by atoms with E-state index in [-0.39, 0.29) is 12.2 Å². The van der Waals surface area contributed by atoms with Gasteiger partial charge in [0, 0.05) is 23.3 Å². The van der Waals surface area contributed by atoms with Crippen molar-refractivity contribution in [2.24, 2.45) is 0 Å². The highest BCUT2D eigenvalue weighted by Gasteiger charge is 2.35. The smallest absolute Gasteiger partial charge is 0.329 e. The molecule has 0 aliphatic carbocycles. The highest BCUT2D eigenvalue weighted by Crippen LogP contribution is 2.20. The summed E-state index contributed by atoms with van der Waals surface area (Å²) in [5.74, 6) is -0.282. The second-order valence-electron chi connectivity index (χ2n) is 7.29. The number of anilines is 1. The Bertz CT molecular complexity index is 1190. The summed E-state index contributed by atoms with van der Waals surface area (Å²) in [6, 6.07) is 17.7. The van der Waals surface area contributed by atoms with Gasteiger partial charge in [0.05, 0.1) is 7.11 Å². The number of imide groups is 1. The van der Waals surface area contributed by atoms with Crippen molar-refractivity contribution in [3.05, 3.63) is 83.8 Å². The minimum atomic E-state index is -0.636. The number of aromatic nitrogens is 1. The van der Waals surface area contributed by atoms with Crippen LogP contribution in [0.2, 0.25) is 0 Å². The first-order valence-corrected chi connectivity index (χ1v) is 9.97. The summed E-state index contributed by atoms with van der Waals surface area (Å²) >= 11 is 0. The number of hydrogen-bond donors (Lipinski definition) is 2. The lowest BCUT2D eigenvalue weighted by molar-refractivity contribution is -0.127. The topological polar surface area (TPSA) is 92.7 Å². The number of benzene rings is 2. The summed E-state index contributed by atoms with van der Waals surface area (Å²) in [4.78, 5) is 38.3. The van der Waals surface area contributed by atoms with Crippen LogP contribution < -0.4 is 15.4 Å². The molecule has 0 saturated carbocycles. The summed E-state index contributed by atoms with van der Waals surface area (Å²) in [7, 11) is 1.60. The number of nitrogens with one attached hydrogen (secondary N) is 2. The molecule has 32 heavy (non-hydrogen) atoms. The largest absolute Gasteiger partial charge is 0.497 e. The van der Waals surface area contributed by atoms with Gasteiger partial charge in [0.25, 0.3) is 5.91 Å². The van der Waals surface area contributed by atoms with Crippen LogP contribution in [0.25, 0.3) is 11.8 Å². The first-order chi connectivity index (χ1) is 15.4. The normalized spacial score (nSPS) is 14.6. The number of methoxy groups -OCH3 is 1. The molecule has 0 spiro atoms. The third-order valence-electron chi connectivity index (χ3n) is 5.02. The Kier molecular flexibility index (Phi) is 5.76. The van der Waals surface area contributed by atoms with Crippen LogP contribution in [0, 0.1) is 6.92 Å². The van der Waals surface area contributed by atoms with Gasteiger partial charge >= 0.3 is 6.03 Å². The van der Waals surface area contributed by atoms with Crippen molar-refractivity contribution in [1.82, 2.24) is 14.8 Å². The zero-order valence-electron chi connectivity index (χ0n) is 17.7. The lowest BCUT2D eigenvalue weighted by atomic mass is 10.2. The lowest BCUT2D eigenvalue weighted by Crippen LogP contribution is -2.38. The molecule has 2 heterocycles. The molecule has 0 unspecified atom stereocenters. The van der Waals surface area contributed by atoms with E-state index in [0.717, 1.165) is 21.9 Å². The molecule has 4 amide bonds. The Morgan fingerprint density at radius 2 is 1.78 bits per heavy atom. The van der Waals surface area contributed by atoms with E-state index in [4.69, 9.17) is 4.74 Å². The number of carbonyl (C=O) groups excluding carboxylic acids is 3. The number of amides is 4. The van der Waals surface area contributed by atoms with Gasteiger partial charge in [0.15, 0.2) is 0 Å². The number of carbonyl (C=O) groups is 3. The van der Waals surface area contributed by atoms with Gasteiger partial charge in [0.2, 0.25) is 5.91 Å². The third-order valence-corrected chi connectivity index (χ3v) is 5.02. The highest BCUT2D eigenvalue weighted by molar-refractivity contribution is 6.15. The maximum Gasteiger partial charge on any atom is 0.329 e. The minimum absolute atomic E-state index is 0.103. The van der Waals surface area contributed by atoms with Crippen molar-refractivity contribution >= 4 is 29.6 Å². The van der Waals surface area contributed by atoms with Crippen LogP contribution in [0.5, 0.6) is 5.75 Å². The van der Waals surface area contributed by atoms with Crippen LogP contribution in [0.15, 0.2) is 72.6 Å². The number of urea groups is 1. The molecule has 0 atom stereocenters. The average Bonchev–Trinajstić information content (AvgIpc) is 3.35. The number of hydrogen-bond acceptors (Lipinski definition) is 4. The number of rotatable bonds is 6. The molecular weight excluding hydrogens is 408 g/mol. The summed E-state index contributed by atoms with van der Waals surface area (Å²) in [5, 5.41) is 5.24. The Morgan fingerprint density at radius 3 is 2.47 bits per heavy atom. The van der Waals surface area contributed by atoms with E-state index < -0.39 is 17.8 Å². The second-order valence-corrected chi connectivity index (χ2v) is 7.29. The molecule has 8 heteroatoms. The summed E-state index contributed by atoms with van der Waals surface area (Å²) < 4.78 is 7.06. The Balaban J connectivity index is 1.48. The predicted molar refractivity (Wildman–Crippen MR) is 120 cm³/mol. The molecule has 3 aromatic rings. The van der Waals surface area contributed by atoms with E-state index in [1.807, 2.05) is 66.2 Å². The molecule has 4 rings (SSSR count). The SMILES string of the molecule is COc1ccc(-n2cccc2/C=C2\NC(=O)N(CC(=O)Nc3ccc(C)cc3)C2=O)cc1. The van der Waals surface area contributed by atoms with Crippen molar-refractivity contribution in [3.8, 4) is 11.4 Å². The van der Waals surface area contributed by atoms with Crippen LogP contribution in [0.4, 0.5) is 10.5 Å². The summed E-state index contributed by atoms with van der Waals surface area (Å²) in [6.45, 7) is 1.56. The van der Waals surface area contributed by atoms with Crippen LogP contribution >= 0.6 is 0 Å².